The topological polar surface area (TPSA) is 35.5 Å². The fourth-order valence-electron chi connectivity index (χ4n) is 6.92. The summed E-state index contributed by atoms with van der Waals surface area (Å²) in [6.45, 7) is 4.08. The average Bonchev–Trinajstić information content (AvgIpc) is 2.88. The van der Waals surface area contributed by atoms with Crippen LogP contribution in [0, 0.1) is 47.1 Å². The Balaban J connectivity index is 1.35. The van der Waals surface area contributed by atoms with Crippen molar-refractivity contribution in [1.29, 1.82) is 0 Å². The summed E-state index contributed by atoms with van der Waals surface area (Å²) in [5.41, 5.74) is 0. The number of halogens is 2. The first-order valence-electron chi connectivity index (χ1n) is 13.6. The molecule has 0 N–H and O–H groups in total. The van der Waals surface area contributed by atoms with Gasteiger partial charge in [0, 0.05) is 0 Å². The maximum Gasteiger partial charge on any atom is 0.314 e. The molecular formula is C30H40F2O3. The number of carbonyl (C=O) groups excluding carboxylic acids is 1. The summed E-state index contributed by atoms with van der Waals surface area (Å²) in [5.74, 6) is -0.294. The Morgan fingerprint density at radius 3 is 2.34 bits per heavy atom. The Morgan fingerprint density at radius 1 is 0.886 bits per heavy atom. The highest BCUT2D eigenvalue weighted by Gasteiger charge is 2.43. The molecule has 5 heteroatoms. The van der Waals surface area contributed by atoms with Crippen molar-refractivity contribution < 1.29 is 23.0 Å². The van der Waals surface area contributed by atoms with E-state index in [-0.39, 0.29) is 24.0 Å². The van der Waals surface area contributed by atoms with Gasteiger partial charge in [0.05, 0.1) is 5.92 Å². The maximum absolute atomic E-state index is 14.6. The van der Waals surface area contributed by atoms with Crippen molar-refractivity contribution in [2.24, 2.45) is 35.5 Å². The minimum atomic E-state index is -1.17. The third-order valence-corrected chi connectivity index (χ3v) is 8.73. The number of fused-ring (bicyclic) bond motifs is 1. The number of benzene rings is 1. The van der Waals surface area contributed by atoms with Crippen molar-refractivity contribution >= 4 is 5.97 Å². The second kappa shape index (κ2) is 12.2. The highest BCUT2D eigenvalue weighted by molar-refractivity contribution is 5.75. The largest absolute Gasteiger partial charge is 0.486 e. The average molecular weight is 487 g/mol. The Labute approximate surface area is 209 Å². The summed E-state index contributed by atoms with van der Waals surface area (Å²) in [4.78, 5) is 13.1. The van der Waals surface area contributed by atoms with Gasteiger partial charge in [-0.2, -0.15) is 8.78 Å². The van der Waals surface area contributed by atoms with Gasteiger partial charge in [-0.1, -0.05) is 37.1 Å². The number of carbonyl (C=O) groups is 1. The van der Waals surface area contributed by atoms with Gasteiger partial charge in [0.25, 0.3) is 0 Å². The SMILES string of the molecule is C/C=C/COc1ccc(OC(=O)C2CCCC3CC(C4CCC(/C=C/C)CC4)CCC32)c(F)c1F. The molecule has 3 aliphatic carbocycles. The zero-order valence-electron chi connectivity index (χ0n) is 21.2. The molecule has 0 aromatic heterocycles. The van der Waals surface area contributed by atoms with Crippen LogP contribution in [0.15, 0.2) is 36.4 Å². The minimum Gasteiger partial charge on any atom is -0.486 e. The molecule has 0 radical (unpaired) electrons. The molecule has 3 fully saturated rings. The van der Waals surface area contributed by atoms with Gasteiger partial charge in [-0.25, -0.2) is 0 Å². The summed E-state index contributed by atoms with van der Waals surface area (Å²) in [6, 6.07) is 2.62. The zero-order chi connectivity index (χ0) is 24.8. The Kier molecular flexibility index (Phi) is 9.02. The van der Waals surface area contributed by atoms with Crippen LogP contribution in [0.3, 0.4) is 0 Å². The molecule has 1 aromatic rings. The molecule has 0 heterocycles. The molecule has 4 unspecified atom stereocenters. The molecule has 4 rings (SSSR count). The van der Waals surface area contributed by atoms with E-state index in [2.05, 4.69) is 19.1 Å². The first-order valence-corrected chi connectivity index (χ1v) is 13.6. The standard InChI is InChI=1S/C30H40F2O3/c1-3-5-18-34-26-16-17-27(29(32)28(26)31)35-30(33)25-9-6-8-23-19-22(14-15-24(23)25)21-12-10-20(7-4-2)11-13-21/h3-5,7,16-17,20-25H,6,8-15,18-19H2,1-2H3/b5-3+,7-4+. The van der Waals surface area contributed by atoms with Gasteiger partial charge in [-0.15, -0.1) is 0 Å². The van der Waals surface area contributed by atoms with E-state index in [9.17, 15) is 13.6 Å². The smallest absolute Gasteiger partial charge is 0.314 e. The third kappa shape index (κ3) is 6.16. The number of esters is 1. The van der Waals surface area contributed by atoms with Crippen LogP contribution < -0.4 is 9.47 Å². The number of hydrogen-bond donors (Lipinski definition) is 0. The van der Waals surface area contributed by atoms with Crippen LogP contribution in [-0.4, -0.2) is 12.6 Å². The molecule has 3 aliphatic rings. The number of ether oxygens (including phenoxy) is 2. The molecule has 0 saturated heterocycles. The van der Waals surface area contributed by atoms with Gasteiger partial charge >= 0.3 is 5.97 Å². The van der Waals surface area contributed by atoms with Crippen molar-refractivity contribution in [3.05, 3.63) is 48.1 Å². The second-order valence-corrected chi connectivity index (χ2v) is 10.7. The Morgan fingerprint density at radius 2 is 1.60 bits per heavy atom. The highest BCUT2D eigenvalue weighted by Crippen LogP contribution is 2.50. The number of allylic oxidation sites excluding steroid dienone is 3. The fourth-order valence-corrected chi connectivity index (χ4v) is 6.92. The van der Waals surface area contributed by atoms with E-state index in [1.54, 1.807) is 12.2 Å². The van der Waals surface area contributed by atoms with Crippen LogP contribution >= 0.6 is 0 Å². The lowest BCUT2D eigenvalue weighted by atomic mass is 9.59. The third-order valence-electron chi connectivity index (χ3n) is 8.73. The van der Waals surface area contributed by atoms with Crippen LogP contribution in [0.1, 0.15) is 78.1 Å². The quantitative estimate of drug-likeness (QED) is 0.222. The highest BCUT2D eigenvalue weighted by atomic mass is 19.2. The Hall–Kier alpha value is -2.17. The number of hydrogen-bond acceptors (Lipinski definition) is 3. The molecule has 0 aliphatic heterocycles. The lowest BCUT2D eigenvalue weighted by Crippen LogP contribution is -2.40. The summed E-state index contributed by atoms with van der Waals surface area (Å²) in [6.07, 6.45) is 19.6. The maximum atomic E-state index is 14.6. The molecule has 3 saturated carbocycles. The zero-order valence-corrected chi connectivity index (χ0v) is 21.2. The van der Waals surface area contributed by atoms with Gasteiger partial charge < -0.3 is 9.47 Å². The van der Waals surface area contributed by atoms with E-state index in [0.717, 1.165) is 37.0 Å². The first kappa shape index (κ1) is 25.9. The van der Waals surface area contributed by atoms with Crippen LogP contribution in [0.25, 0.3) is 0 Å². The van der Waals surface area contributed by atoms with Crippen molar-refractivity contribution in [2.45, 2.75) is 78.1 Å². The van der Waals surface area contributed by atoms with Gasteiger partial charge in [0.15, 0.2) is 11.5 Å². The van der Waals surface area contributed by atoms with Gasteiger partial charge in [-0.3, -0.25) is 4.79 Å². The summed E-state index contributed by atoms with van der Waals surface area (Å²) >= 11 is 0. The van der Waals surface area contributed by atoms with E-state index in [0.29, 0.717) is 11.8 Å². The summed E-state index contributed by atoms with van der Waals surface area (Å²) < 4.78 is 39.7. The van der Waals surface area contributed by atoms with Crippen molar-refractivity contribution in [1.82, 2.24) is 0 Å². The molecule has 0 bridgehead atoms. The Bertz CT molecular complexity index is 916. The van der Waals surface area contributed by atoms with Crippen LogP contribution in [-0.2, 0) is 4.79 Å². The predicted octanol–water partition coefficient (Wildman–Crippen LogP) is 8.04. The van der Waals surface area contributed by atoms with Crippen molar-refractivity contribution in [3.8, 4) is 11.5 Å². The van der Waals surface area contributed by atoms with Crippen molar-refractivity contribution in [3.63, 3.8) is 0 Å². The number of rotatable bonds is 7. The van der Waals surface area contributed by atoms with Crippen molar-refractivity contribution in [2.75, 3.05) is 6.61 Å². The molecule has 0 spiro atoms. The van der Waals surface area contributed by atoms with Gasteiger partial charge in [-0.05, 0) is 107 Å². The molecule has 192 valence electrons. The summed E-state index contributed by atoms with van der Waals surface area (Å²) in [7, 11) is 0. The molecule has 3 nitrogen and oxygen atoms in total. The molecule has 1 aromatic carbocycles. The van der Waals surface area contributed by atoms with Gasteiger partial charge in [0.2, 0.25) is 11.6 Å². The van der Waals surface area contributed by atoms with Gasteiger partial charge in [0.1, 0.15) is 6.61 Å². The fraction of sp³-hybridized carbons (Fsp3) is 0.633. The van der Waals surface area contributed by atoms with Crippen LogP contribution in [0.4, 0.5) is 8.78 Å². The van der Waals surface area contributed by atoms with E-state index in [1.165, 1.54) is 57.1 Å². The second-order valence-electron chi connectivity index (χ2n) is 10.7. The van der Waals surface area contributed by atoms with Crippen LogP contribution in [0.5, 0.6) is 11.5 Å². The van der Waals surface area contributed by atoms with E-state index in [4.69, 9.17) is 9.47 Å². The van der Waals surface area contributed by atoms with E-state index in [1.807, 2.05) is 6.92 Å². The molecule has 4 atom stereocenters. The minimum absolute atomic E-state index is 0.148. The lowest BCUT2D eigenvalue weighted by Gasteiger charge is -2.45. The monoisotopic (exact) mass is 486 g/mol. The van der Waals surface area contributed by atoms with Crippen LogP contribution in [0.2, 0.25) is 0 Å². The van der Waals surface area contributed by atoms with E-state index >= 15 is 0 Å². The molecule has 0 amide bonds. The molecule has 35 heavy (non-hydrogen) atoms. The normalized spacial score (nSPS) is 31.4. The first-order chi connectivity index (χ1) is 17.0. The summed E-state index contributed by atoms with van der Waals surface area (Å²) in [5, 5.41) is 0. The lowest BCUT2D eigenvalue weighted by molar-refractivity contribution is -0.144. The van der Waals surface area contributed by atoms with E-state index < -0.39 is 17.6 Å². The predicted molar refractivity (Wildman–Crippen MR) is 134 cm³/mol. The molecular weight excluding hydrogens is 446 g/mol.